The molecule has 176 valence electrons. The Labute approximate surface area is 185 Å². The molecule has 3 heterocycles. The molecule has 0 radical (unpaired) electrons. The molecule has 0 spiro atoms. The van der Waals surface area contributed by atoms with Gasteiger partial charge in [0, 0.05) is 18.0 Å². The maximum Gasteiger partial charge on any atom is 0.490 e. The average molecular weight is 483 g/mol. The Morgan fingerprint density at radius 3 is 2.24 bits per heavy atom. The van der Waals surface area contributed by atoms with Crippen molar-refractivity contribution in [1.82, 2.24) is 19.4 Å². The number of aromatic nitrogens is 4. The van der Waals surface area contributed by atoms with Gasteiger partial charge in [0.2, 0.25) is 5.78 Å². The number of hydrogen-bond donors (Lipinski definition) is 2. The van der Waals surface area contributed by atoms with Crippen LogP contribution in [0.4, 0.5) is 32.2 Å². The summed E-state index contributed by atoms with van der Waals surface area (Å²) in [7, 11) is 0. The molecular weight excluding hydrogens is 472 g/mol. The lowest BCUT2D eigenvalue weighted by molar-refractivity contribution is -0.192. The molecule has 8 nitrogen and oxygen atoms in total. The van der Waals surface area contributed by atoms with Crippen LogP contribution in [0.1, 0.15) is 16.1 Å². The summed E-state index contributed by atoms with van der Waals surface area (Å²) in [5, 5.41) is 7.12. The maximum absolute atomic E-state index is 14.3. The fraction of sp³-hybridized carbons (Fsp3) is 0.0500. The Morgan fingerprint density at radius 2 is 1.62 bits per heavy atom. The van der Waals surface area contributed by atoms with Gasteiger partial charge in [-0.3, -0.25) is 14.2 Å². The summed E-state index contributed by atoms with van der Waals surface area (Å²) in [4.78, 5) is 33.5. The van der Waals surface area contributed by atoms with Gasteiger partial charge in [0.1, 0.15) is 5.69 Å². The molecule has 34 heavy (non-hydrogen) atoms. The Balaban J connectivity index is 0.000000406. The van der Waals surface area contributed by atoms with Gasteiger partial charge in [-0.1, -0.05) is 0 Å². The molecule has 14 heteroatoms. The third kappa shape index (κ3) is 4.95. The second-order valence-electron chi connectivity index (χ2n) is 6.46. The Hall–Kier alpha value is -4.49. The van der Waals surface area contributed by atoms with Crippen molar-refractivity contribution < 1.29 is 41.0 Å². The van der Waals surface area contributed by atoms with E-state index in [0.717, 1.165) is 18.3 Å². The Bertz CT molecular complexity index is 1400. The van der Waals surface area contributed by atoms with E-state index < -0.39 is 35.4 Å². The van der Waals surface area contributed by atoms with Crippen molar-refractivity contribution in [2.45, 2.75) is 6.18 Å². The number of carbonyl (C=O) groups excluding carboxylic acids is 1. The molecule has 4 rings (SSSR count). The third-order valence-electron chi connectivity index (χ3n) is 4.25. The zero-order chi connectivity index (χ0) is 25.2. The van der Waals surface area contributed by atoms with Crippen LogP contribution in [0.2, 0.25) is 0 Å². The van der Waals surface area contributed by atoms with Crippen LogP contribution in [-0.4, -0.2) is 42.4 Å². The van der Waals surface area contributed by atoms with E-state index in [1.807, 2.05) is 0 Å². The van der Waals surface area contributed by atoms with E-state index in [1.165, 1.54) is 35.1 Å². The van der Waals surface area contributed by atoms with E-state index in [1.54, 1.807) is 0 Å². The maximum atomic E-state index is 14.3. The normalized spacial score (nSPS) is 11.1. The minimum atomic E-state index is -5.08. The molecule has 0 atom stereocenters. The van der Waals surface area contributed by atoms with Crippen molar-refractivity contribution in [3.8, 4) is 11.3 Å². The number of carboxylic acids is 1. The zero-order valence-electron chi connectivity index (χ0n) is 16.5. The van der Waals surface area contributed by atoms with Gasteiger partial charge in [-0.05, 0) is 24.3 Å². The second kappa shape index (κ2) is 9.17. The van der Waals surface area contributed by atoms with Gasteiger partial charge in [0.05, 0.1) is 23.7 Å². The highest BCUT2D eigenvalue weighted by Crippen LogP contribution is 2.24. The molecule has 3 N–H and O–H groups in total. The number of imidazole rings is 1. The van der Waals surface area contributed by atoms with Crippen LogP contribution in [0, 0.1) is 17.5 Å². The SMILES string of the molecule is Nc1nccn2c(C(=O)c3cc(-c4ccc(F)c(F)c4)ncc3F)cnc12.O=C(O)C(F)(F)F. The number of rotatable bonds is 3. The molecule has 0 fully saturated rings. The van der Waals surface area contributed by atoms with E-state index in [4.69, 9.17) is 15.6 Å². The molecular formula is C20H11F6N5O3. The molecule has 0 aliphatic rings. The van der Waals surface area contributed by atoms with E-state index in [9.17, 15) is 31.1 Å². The summed E-state index contributed by atoms with van der Waals surface area (Å²) in [6.07, 6.45) is -0.118. The first-order chi connectivity index (χ1) is 15.9. The molecule has 3 aromatic heterocycles. The van der Waals surface area contributed by atoms with Gasteiger partial charge in [0.15, 0.2) is 28.9 Å². The van der Waals surface area contributed by atoms with Crippen LogP contribution in [0.5, 0.6) is 0 Å². The highest BCUT2D eigenvalue weighted by Gasteiger charge is 2.38. The fourth-order valence-corrected chi connectivity index (χ4v) is 2.67. The zero-order valence-corrected chi connectivity index (χ0v) is 16.5. The molecule has 0 unspecified atom stereocenters. The molecule has 0 aliphatic carbocycles. The minimum Gasteiger partial charge on any atom is -0.475 e. The number of nitrogen functional groups attached to an aromatic ring is 1. The van der Waals surface area contributed by atoms with Crippen molar-refractivity contribution >= 4 is 23.2 Å². The van der Waals surface area contributed by atoms with E-state index in [2.05, 4.69) is 15.0 Å². The minimum absolute atomic E-state index is 0.0698. The quantitative estimate of drug-likeness (QED) is 0.337. The average Bonchev–Trinajstić information content (AvgIpc) is 3.21. The van der Waals surface area contributed by atoms with Crippen LogP contribution in [0.3, 0.4) is 0 Å². The highest BCUT2D eigenvalue weighted by molar-refractivity contribution is 6.09. The van der Waals surface area contributed by atoms with Crippen LogP contribution < -0.4 is 5.73 Å². The highest BCUT2D eigenvalue weighted by atomic mass is 19.4. The summed E-state index contributed by atoms with van der Waals surface area (Å²) in [6, 6.07) is 4.31. The van der Waals surface area contributed by atoms with E-state index >= 15 is 0 Å². The molecule has 0 aliphatic heterocycles. The number of fused-ring (bicyclic) bond motifs is 1. The first-order valence-corrected chi connectivity index (χ1v) is 8.93. The Kier molecular flexibility index (Phi) is 6.51. The van der Waals surface area contributed by atoms with Crippen LogP contribution >= 0.6 is 0 Å². The summed E-state index contributed by atoms with van der Waals surface area (Å²) >= 11 is 0. The number of pyridine rings is 1. The number of alkyl halides is 3. The summed E-state index contributed by atoms with van der Waals surface area (Å²) in [5.74, 6) is -6.26. The van der Waals surface area contributed by atoms with Gasteiger partial charge in [-0.2, -0.15) is 13.2 Å². The summed E-state index contributed by atoms with van der Waals surface area (Å²) in [6.45, 7) is 0. The molecule has 0 bridgehead atoms. The predicted molar refractivity (Wildman–Crippen MR) is 104 cm³/mol. The van der Waals surface area contributed by atoms with Gasteiger partial charge in [-0.15, -0.1) is 0 Å². The lowest BCUT2D eigenvalue weighted by Gasteiger charge is -2.07. The topological polar surface area (TPSA) is 123 Å². The summed E-state index contributed by atoms with van der Waals surface area (Å²) < 4.78 is 74.0. The lowest BCUT2D eigenvalue weighted by Crippen LogP contribution is -2.21. The molecule has 0 saturated heterocycles. The fourth-order valence-electron chi connectivity index (χ4n) is 2.67. The van der Waals surface area contributed by atoms with Crippen molar-refractivity contribution in [2.75, 3.05) is 5.73 Å². The largest absolute Gasteiger partial charge is 0.490 e. The van der Waals surface area contributed by atoms with Gasteiger partial charge < -0.3 is 10.8 Å². The van der Waals surface area contributed by atoms with Crippen LogP contribution in [0.25, 0.3) is 16.9 Å². The number of hydrogen-bond acceptors (Lipinski definition) is 6. The third-order valence-corrected chi connectivity index (χ3v) is 4.25. The first-order valence-electron chi connectivity index (χ1n) is 8.93. The number of carbonyl (C=O) groups is 2. The number of nitrogens with two attached hydrogens (primary N) is 1. The second-order valence-corrected chi connectivity index (χ2v) is 6.46. The molecule has 0 saturated carbocycles. The number of carboxylic acid groups (broad SMARTS) is 1. The molecule has 1 aromatic carbocycles. The van der Waals surface area contributed by atoms with Crippen molar-refractivity contribution in [2.24, 2.45) is 0 Å². The molecule has 4 aromatic rings. The first kappa shape index (κ1) is 24.2. The van der Waals surface area contributed by atoms with Crippen LogP contribution in [0.15, 0.2) is 49.1 Å². The monoisotopic (exact) mass is 483 g/mol. The van der Waals surface area contributed by atoms with Crippen molar-refractivity contribution in [1.29, 1.82) is 0 Å². The smallest absolute Gasteiger partial charge is 0.475 e. The van der Waals surface area contributed by atoms with E-state index in [0.29, 0.717) is 0 Å². The number of ketones is 1. The number of benzene rings is 1. The Morgan fingerprint density at radius 1 is 0.941 bits per heavy atom. The number of aliphatic carboxylic acids is 1. The standard InChI is InChI=1S/C18H10F3N5O.C2HF3O2/c19-11-2-1-9(5-12(11)20)14-6-10(13(21)7-24-14)16(27)15-8-25-18-17(22)23-3-4-26(15)18;3-2(4,5)1(6)7/h1-8H,(H2,22,23);(H,6,7). The van der Waals surface area contributed by atoms with Crippen molar-refractivity contribution in [3.05, 3.63) is 77.8 Å². The lowest BCUT2D eigenvalue weighted by atomic mass is 10.0. The van der Waals surface area contributed by atoms with Crippen LogP contribution in [-0.2, 0) is 4.79 Å². The number of halogens is 6. The molecule has 0 amide bonds. The van der Waals surface area contributed by atoms with Crippen molar-refractivity contribution in [3.63, 3.8) is 0 Å². The van der Waals surface area contributed by atoms with Gasteiger partial charge in [-0.25, -0.2) is 27.9 Å². The van der Waals surface area contributed by atoms with Gasteiger partial charge >= 0.3 is 12.1 Å². The number of anilines is 1. The predicted octanol–water partition coefficient (Wildman–Crippen LogP) is 3.66. The van der Waals surface area contributed by atoms with Gasteiger partial charge in [0.25, 0.3) is 0 Å². The number of nitrogens with zero attached hydrogens (tertiary/aromatic N) is 4. The summed E-state index contributed by atoms with van der Waals surface area (Å²) in [5.41, 5.74) is 6.07. The van der Waals surface area contributed by atoms with E-state index in [-0.39, 0.29) is 34.0 Å².